The Balaban J connectivity index is 2.45. The summed E-state index contributed by atoms with van der Waals surface area (Å²) in [5.74, 6) is -0.332. The molecule has 0 aromatic heterocycles. The summed E-state index contributed by atoms with van der Waals surface area (Å²) in [6.45, 7) is 7.82. The van der Waals surface area contributed by atoms with Crippen molar-refractivity contribution >= 4 is 5.97 Å². The molecule has 18 heavy (non-hydrogen) atoms. The van der Waals surface area contributed by atoms with Crippen LogP contribution < -0.4 is 0 Å². The molecule has 1 heterocycles. The lowest BCUT2D eigenvalue weighted by Gasteiger charge is -2.08. The maximum absolute atomic E-state index is 11.2. The van der Waals surface area contributed by atoms with E-state index >= 15 is 0 Å². The monoisotopic (exact) mass is 250 g/mol. The smallest absolute Gasteiger partial charge is 0.338 e. The van der Waals surface area contributed by atoms with Gasteiger partial charge >= 0.3 is 5.97 Å². The van der Waals surface area contributed by atoms with E-state index in [0.717, 1.165) is 12.8 Å². The fraction of sp³-hybridized carbons (Fsp3) is 0.533. The van der Waals surface area contributed by atoms with Gasteiger partial charge in [-0.15, -0.1) is 0 Å². The van der Waals surface area contributed by atoms with Crippen molar-refractivity contribution < 1.29 is 14.6 Å². The fourth-order valence-corrected chi connectivity index (χ4v) is 1.78. The van der Waals surface area contributed by atoms with Gasteiger partial charge in [-0.2, -0.15) is 0 Å². The first-order valence-electron chi connectivity index (χ1n) is 6.31. The van der Waals surface area contributed by atoms with E-state index in [4.69, 9.17) is 4.74 Å². The first-order chi connectivity index (χ1) is 8.41. The fourth-order valence-electron chi connectivity index (χ4n) is 1.78. The summed E-state index contributed by atoms with van der Waals surface area (Å²) >= 11 is 0. The molecule has 0 radical (unpaired) electrons. The molecule has 0 saturated carbocycles. The second-order valence-electron chi connectivity index (χ2n) is 5.01. The Morgan fingerprint density at radius 3 is 2.50 bits per heavy atom. The quantitative estimate of drug-likeness (QED) is 0.596. The van der Waals surface area contributed by atoms with E-state index in [1.54, 1.807) is 6.92 Å². The highest BCUT2D eigenvalue weighted by molar-refractivity contribution is 5.91. The lowest BCUT2D eigenvalue weighted by molar-refractivity contribution is -0.140. The van der Waals surface area contributed by atoms with Crippen molar-refractivity contribution in [2.75, 3.05) is 0 Å². The molecule has 1 aliphatic rings. The number of carbonyl (C=O) groups excluding carboxylic acids is 1. The summed E-state index contributed by atoms with van der Waals surface area (Å²) in [5.41, 5.74) is 2.90. The van der Waals surface area contributed by atoms with Gasteiger partial charge in [0.1, 0.15) is 5.76 Å². The number of cyclic esters (lactones) is 1. The Morgan fingerprint density at radius 1 is 1.33 bits per heavy atom. The number of aliphatic hydroxyl groups is 1. The molecule has 3 heteroatoms. The second-order valence-corrected chi connectivity index (χ2v) is 5.01. The number of hydrogen-bond acceptors (Lipinski definition) is 3. The standard InChI is InChI=1S/C15H22O3/c1-10(2)6-5-7-11(3)8-9-13-14(16)12(4)15(17)18-13/h6,8,13,16H,5,7,9H2,1-4H3. The minimum Gasteiger partial charge on any atom is -0.508 e. The molecule has 0 aliphatic carbocycles. The maximum Gasteiger partial charge on any atom is 0.338 e. The van der Waals surface area contributed by atoms with E-state index in [0.29, 0.717) is 12.0 Å². The van der Waals surface area contributed by atoms with Crippen molar-refractivity contribution in [3.8, 4) is 0 Å². The Kier molecular flexibility index (Phi) is 5.20. The SMILES string of the molecule is CC(C)=CCCC(C)=CCC1OC(=O)C(C)=C1O. The summed E-state index contributed by atoms with van der Waals surface area (Å²) < 4.78 is 5.06. The average molecular weight is 250 g/mol. The van der Waals surface area contributed by atoms with Crippen molar-refractivity contribution in [1.82, 2.24) is 0 Å². The zero-order valence-corrected chi connectivity index (χ0v) is 11.6. The summed E-state index contributed by atoms with van der Waals surface area (Å²) in [7, 11) is 0. The highest BCUT2D eigenvalue weighted by Crippen LogP contribution is 2.23. The molecule has 100 valence electrons. The van der Waals surface area contributed by atoms with Crippen LogP contribution in [0.5, 0.6) is 0 Å². The molecule has 1 atom stereocenters. The normalized spacial score (nSPS) is 20.1. The molecule has 1 unspecified atom stereocenters. The number of hydrogen-bond donors (Lipinski definition) is 1. The first-order valence-corrected chi connectivity index (χ1v) is 6.31. The van der Waals surface area contributed by atoms with Crippen LogP contribution in [0.3, 0.4) is 0 Å². The minimum absolute atomic E-state index is 0.0772. The van der Waals surface area contributed by atoms with Gasteiger partial charge in [-0.25, -0.2) is 4.79 Å². The summed E-state index contributed by atoms with van der Waals surface area (Å²) in [6.07, 6.45) is 6.32. The van der Waals surface area contributed by atoms with E-state index in [2.05, 4.69) is 26.8 Å². The van der Waals surface area contributed by atoms with Crippen LogP contribution >= 0.6 is 0 Å². The predicted molar refractivity (Wildman–Crippen MR) is 72.2 cm³/mol. The Morgan fingerprint density at radius 2 is 2.00 bits per heavy atom. The third kappa shape index (κ3) is 4.06. The van der Waals surface area contributed by atoms with Gasteiger partial charge in [0.05, 0.1) is 5.57 Å². The van der Waals surface area contributed by atoms with Crippen LogP contribution in [-0.4, -0.2) is 17.2 Å². The van der Waals surface area contributed by atoms with Gasteiger partial charge < -0.3 is 9.84 Å². The minimum atomic E-state index is -0.490. The predicted octanol–water partition coefficient (Wildman–Crippen LogP) is 3.83. The third-order valence-electron chi connectivity index (χ3n) is 3.02. The van der Waals surface area contributed by atoms with Crippen LogP contribution in [0.4, 0.5) is 0 Å². The van der Waals surface area contributed by atoms with E-state index in [9.17, 15) is 9.90 Å². The lowest BCUT2D eigenvalue weighted by atomic mass is 10.1. The van der Waals surface area contributed by atoms with Crippen molar-refractivity contribution in [2.45, 2.75) is 53.1 Å². The van der Waals surface area contributed by atoms with E-state index < -0.39 is 12.1 Å². The summed E-state index contributed by atoms with van der Waals surface area (Å²) in [6, 6.07) is 0. The number of rotatable bonds is 5. The molecule has 0 bridgehead atoms. The summed E-state index contributed by atoms with van der Waals surface area (Å²) in [4.78, 5) is 11.2. The van der Waals surface area contributed by atoms with E-state index in [1.807, 2.05) is 6.08 Å². The van der Waals surface area contributed by atoms with Gasteiger partial charge in [0, 0.05) is 6.42 Å². The molecule has 0 spiro atoms. The van der Waals surface area contributed by atoms with Crippen LogP contribution in [0.1, 0.15) is 47.0 Å². The van der Waals surface area contributed by atoms with E-state index in [1.165, 1.54) is 11.1 Å². The highest BCUT2D eigenvalue weighted by atomic mass is 16.6. The molecule has 3 nitrogen and oxygen atoms in total. The molecule has 0 saturated heterocycles. The van der Waals surface area contributed by atoms with Crippen molar-refractivity contribution in [2.24, 2.45) is 0 Å². The van der Waals surface area contributed by atoms with Crippen LogP contribution in [-0.2, 0) is 9.53 Å². The molecule has 1 aliphatic heterocycles. The zero-order chi connectivity index (χ0) is 13.7. The lowest BCUT2D eigenvalue weighted by Crippen LogP contribution is -2.10. The highest BCUT2D eigenvalue weighted by Gasteiger charge is 2.30. The average Bonchev–Trinajstić information content (AvgIpc) is 2.54. The van der Waals surface area contributed by atoms with Gasteiger partial charge in [0.2, 0.25) is 0 Å². The molecule has 0 aromatic rings. The number of carbonyl (C=O) groups is 1. The Hall–Kier alpha value is -1.51. The largest absolute Gasteiger partial charge is 0.508 e. The Bertz CT molecular complexity index is 409. The van der Waals surface area contributed by atoms with Crippen LogP contribution in [0.15, 0.2) is 34.6 Å². The number of esters is 1. The number of allylic oxidation sites excluding steroid dienone is 3. The molecular formula is C15H22O3. The third-order valence-corrected chi connectivity index (χ3v) is 3.02. The van der Waals surface area contributed by atoms with Crippen molar-refractivity contribution in [3.05, 3.63) is 34.6 Å². The molecule has 1 N–H and O–H groups in total. The molecule has 0 fully saturated rings. The number of ether oxygens (including phenoxy) is 1. The topological polar surface area (TPSA) is 46.5 Å². The van der Waals surface area contributed by atoms with Gasteiger partial charge in [-0.3, -0.25) is 0 Å². The molecule has 0 aromatic carbocycles. The van der Waals surface area contributed by atoms with Gasteiger partial charge in [-0.05, 0) is 40.5 Å². The van der Waals surface area contributed by atoms with Gasteiger partial charge in [0.15, 0.2) is 6.10 Å². The zero-order valence-electron chi connectivity index (χ0n) is 11.6. The maximum atomic E-state index is 11.2. The second kappa shape index (κ2) is 6.43. The summed E-state index contributed by atoms with van der Waals surface area (Å²) in [5, 5.41) is 9.68. The molecule has 1 rings (SSSR count). The van der Waals surface area contributed by atoms with Crippen LogP contribution in [0.2, 0.25) is 0 Å². The van der Waals surface area contributed by atoms with Crippen molar-refractivity contribution in [1.29, 1.82) is 0 Å². The van der Waals surface area contributed by atoms with Crippen LogP contribution in [0.25, 0.3) is 0 Å². The molecule has 0 amide bonds. The van der Waals surface area contributed by atoms with Crippen molar-refractivity contribution in [3.63, 3.8) is 0 Å². The van der Waals surface area contributed by atoms with Gasteiger partial charge in [0.25, 0.3) is 0 Å². The van der Waals surface area contributed by atoms with Gasteiger partial charge in [-0.1, -0.05) is 23.3 Å². The first kappa shape index (κ1) is 14.6. The number of aliphatic hydroxyl groups excluding tert-OH is 1. The van der Waals surface area contributed by atoms with E-state index in [-0.39, 0.29) is 5.76 Å². The van der Waals surface area contributed by atoms with Crippen LogP contribution in [0, 0.1) is 0 Å². The molecular weight excluding hydrogens is 228 g/mol. The Labute approximate surface area is 109 Å².